The molecule has 0 bridgehead atoms. The Labute approximate surface area is 472 Å². The van der Waals surface area contributed by atoms with E-state index in [0.29, 0.717) is 92.1 Å². The van der Waals surface area contributed by atoms with Crippen molar-refractivity contribution >= 4 is 53.4 Å². The van der Waals surface area contributed by atoms with Crippen molar-refractivity contribution in [1.82, 2.24) is 0 Å². The topological polar surface area (TPSA) is 224 Å². The smallest absolute Gasteiger partial charge is 0.748 e. The van der Waals surface area contributed by atoms with Crippen LogP contribution in [0.2, 0.25) is 0 Å². The van der Waals surface area contributed by atoms with Gasteiger partial charge in [-0.25, -0.2) is 30.0 Å². The normalized spacial score (nSPS) is 22.0. The summed E-state index contributed by atoms with van der Waals surface area (Å²) in [4.78, 5) is 13.4. The molecule has 20 heteroatoms. The quantitative estimate of drug-likeness (QED) is 0.0589. The van der Waals surface area contributed by atoms with Crippen molar-refractivity contribution in [3.63, 3.8) is 0 Å². The molecule has 3 aromatic rings. The largest absolute Gasteiger partial charge is 1.00 e. The van der Waals surface area contributed by atoms with Gasteiger partial charge in [-0.1, -0.05) is 31.1 Å². The van der Waals surface area contributed by atoms with Crippen LogP contribution in [-0.4, -0.2) is 79.1 Å². The molecule has 3 aromatic carbocycles. The van der Waals surface area contributed by atoms with Gasteiger partial charge in [0.1, 0.15) is 38.3 Å². The maximum atomic E-state index is 12.9. The number of allylic oxidation sites excluding steroid dienone is 7. The molecule has 0 spiro atoms. The molecule has 0 aromatic heterocycles. The molecular weight excluding hydrogens is 974 g/mol. The third-order valence-corrected chi connectivity index (χ3v) is 16.5. The van der Waals surface area contributed by atoms with Crippen molar-refractivity contribution in [2.75, 3.05) is 23.7 Å². The number of carboxylic acids is 1. The summed E-state index contributed by atoms with van der Waals surface area (Å²) in [6, 6.07) is 12.3. The molecule has 0 amide bonds. The monoisotopic (exact) mass is 1030 g/mol. The van der Waals surface area contributed by atoms with E-state index in [1.165, 1.54) is 24.3 Å². The molecule has 2 atom stereocenters. The van der Waals surface area contributed by atoms with E-state index in [2.05, 4.69) is 11.8 Å². The zero-order chi connectivity index (χ0) is 47.4. The SMILES string of the molecule is [CH2-]CCCC1(C)/C(=C\C=C2/CCCC(/C=C/C3=[N+]4CCCc5ccc(S(=O)(=O)[O-])c(c54)C3(C)CCCCS(=O)(=O)[O-])=C2Oc2ccc(C(=O)O)cc2)N2CCCc3ccc(S(=O)(=O)[O-])c1c32.[Na+].[Na+].[Na+]. The number of unbranched alkanes of at least 4 members (excludes halogenated alkanes) is 2. The number of anilines is 1. The number of hydrogen-bond acceptors (Lipinski definition) is 12. The first-order valence-electron chi connectivity index (χ1n) is 22.4. The number of ether oxygens (including phenoxy) is 1. The van der Waals surface area contributed by atoms with E-state index in [1.807, 2.05) is 42.7 Å². The third-order valence-electron chi connectivity index (χ3n) is 13.9. The van der Waals surface area contributed by atoms with E-state index in [9.17, 15) is 48.8 Å². The van der Waals surface area contributed by atoms with E-state index >= 15 is 0 Å². The van der Waals surface area contributed by atoms with Gasteiger partial charge in [-0.15, -0.1) is 0 Å². The van der Waals surface area contributed by atoms with Gasteiger partial charge in [0.05, 0.1) is 36.5 Å². The molecule has 4 heterocycles. The maximum absolute atomic E-state index is 12.9. The molecule has 0 radical (unpaired) electrons. The Bertz CT molecular complexity index is 3020. The fraction of sp³-hybridized carbons (Fsp3) is 0.408. The number of nitrogens with zero attached hydrogens (tertiary/aromatic N) is 2. The minimum Gasteiger partial charge on any atom is -0.748 e. The molecule has 69 heavy (non-hydrogen) atoms. The van der Waals surface area contributed by atoms with Gasteiger partial charge < -0.3 is 35.3 Å². The first-order valence-corrected chi connectivity index (χ1v) is 26.8. The number of carboxylic acid groups (broad SMARTS) is 1. The first-order chi connectivity index (χ1) is 31.2. The van der Waals surface area contributed by atoms with Crippen LogP contribution in [0.4, 0.5) is 11.4 Å². The van der Waals surface area contributed by atoms with Crippen molar-refractivity contribution in [3.05, 3.63) is 130 Å². The molecular formula is C49H53N2Na3O12S3. The standard InChI is InChI=1S/C49H56N2O12S3.3Na/c1-4-5-27-48(2)40(50-29-9-13-32-17-23-38(65(57,58)59)42(48)44(32)50)25-19-34-11-8-12-35(46(34)63-37-21-15-36(16-22-37)47(52)53)20-26-41-49(3,28-6-7-31-64(54,55)56)43-39(66(60,61)62)24-18-33-14-10-30-51(41)45(33)43;;;/h15-26H,1,4-14,27-31H2,2-3H3,(H,52,53)(H,54,55,56)(H,57,58,59)(H,60,61,62);;;/q;3*+1/p-3. The van der Waals surface area contributed by atoms with E-state index in [0.717, 1.165) is 52.9 Å². The zero-order valence-corrected chi connectivity index (χ0v) is 48.5. The fourth-order valence-corrected chi connectivity index (χ4v) is 13.1. The molecule has 8 rings (SSSR count). The number of hydrogen-bond donors (Lipinski definition) is 1. The Balaban J connectivity index is 0.00000296. The predicted molar refractivity (Wildman–Crippen MR) is 245 cm³/mol. The van der Waals surface area contributed by atoms with Gasteiger partial charge >= 0.3 is 94.6 Å². The van der Waals surface area contributed by atoms with Crippen LogP contribution in [-0.2, 0) is 54.0 Å². The Hall–Kier alpha value is -1.91. The van der Waals surface area contributed by atoms with Gasteiger partial charge in [-0.3, -0.25) is 0 Å². The summed E-state index contributed by atoms with van der Waals surface area (Å²) in [5, 5.41) is 9.62. The Kier molecular flexibility index (Phi) is 19.1. The molecule has 352 valence electrons. The predicted octanol–water partition coefficient (Wildman–Crippen LogP) is -1.17. The number of benzene rings is 3. The second-order valence-electron chi connectivity index (χ2n) is 18.3. The second kappa shape index (κ2) is 22.7. The summed E-state index contributed by atoms with van der Waals surface area (Å²) in [6.45, 7) is 9.06. The molecule has 1 N–H and O–H groups in total. The van der Waals surface area contributed by atoms with Gasteiger partial charge in [0.15, 0.2) is 5.71 Å². The van der Waals surface area contributed by atoms with E-state index in [4.69, 9.17) is 4.74 Å². The molecule has 2 unspecified atom stereocenters. The molecule has 4 aliphatic heterocycles. The number of rotatable bonds is 16. The van der Waals surface area contributed by atoms with Crippen LogP contribution < -0.4 is 98.3 Å². The molecule has 5 aliphatic rings. The van der Waals surface area contributed by atoms with E-state index in [-0.39, 0.29) is 123 Å². The van der Waals surface area contributed by atoms with Gasteiger partial charge in [0.25, 0.3) is 0 Å². The van der Waals surface area contributed by atoms with Crippen LogP contribution in [0.1, 0.15) is 117 Å². The second-order valence-corrected chi connectivity index (χ2v) is 22.5. The summed E-state index contributed by atoms with van der Waals surface area (Å²) < 4.78 is 121. The van der Waals surface area contributed by atoms with Crippen molar-refractivity contribution in [3.8, 4) is 5.75 Å². The molecule has 0 saturated carbocycles. The van der Waals surface area contributed by atoms with Crippen LogP contribution in [0.25, 0.3) is 0 Å². The van der Waals surface area contributed by atoms with Crippen LogP contribution >= 0.6 is 0 Å². The molecule has 14 nitrogen and oxygen atoms in total. The molecule has 0 saturated heterocycles. The third kappa shape index (κ3) is 11.7. The Morgan fingerprint density at radius 3 is 2.04 bits per heavy atom. The van der Waals surface area contributed by atoms with Gasteiger partial charge in [0, 0.05) is 52.7 Å². The molecule has 0 fully saturated rings. The Morgan fingerprint density at radius 1 is 0.768 bits per heavy atom. The molecule has 1 aliphatic carbocycles. The van der Waals surface area contributed by atoms with Crippen molar-refractivity contribution < 1.29 is 147 Å². The average Bonchev–Trinajstić information content (AvgIpc) is 3.65. The average molecular weight is 1030 g/mol. The zero-order valence-electron chi connectivity index (χ0n) is 40.0. The van der Waals surface area contributed by atoms with Gasteiger partial charge in [-0.2, -0.15) is 11.0 Å². The van der Waals surface area contributed by atoms with Crippen LogP contribution in [0.15, 0.2) is 105 Å². The van der Waals surface area contributed by atoms with Crippen LogP contribution in [0, 0.1) is 6.92 Å². The summed E-state index contributed by atoms with van der Waals surface area (Å²) in [5.74, 6) is -0.785. The minimum absolute atomic E-state index is 0. The minimum atomic E-state index is -4.95. The maximum Gasteiger partial charge on any atom is 1.00 e. The number of aromatic carboxylic acids is 1. The summed E-state index contributed by atoms with van der Waals surface area (Å²) in [7, 11) is -14.3. The number of aryl methyl sites for hydroxylation is 2. The number of carbonyl (C=O) groups is 1. The van der Waals surface area contributed by atoms with Crippen LogP contribution in [0.5, 0.6) is 5.75 Å². The summed E-state index contributed by atoms with van der Waals surface area (Å²) >= 11 is 0. The van der Waals surface area contributed by atoms with E-state index in [1.54, 1.807) is 24.3 Å². The van der Waals surface area contributed by atoms with Gasteiger partial charge in [0.2, 0.25) is 5.69 Å². The fourth-order valence-electron chi connectivity index (χ4n) is 10.9. The first kappa shape index (κ1) is 58.0. The summed E-state index contributed by atoms with van der Waals surface area (Å²) in [6.07, 6.45) is 15.0. The van der Waals surface area contributed by atoms with Crippen LogP contribution in [0.3, 0.4) is 0 Å². The van der Waals surface area contributed by atoms with E-state index < -0.39 is 52.9 Å². The summed E-state index contributed by atoms with van der Waals surface area (Å²) in [5.41, 5.74) is 5.50. The van der Waals surface area contributed by atoms with Crippen molar-refractivity contribution in [2.45, 2.75) is 118 Å². The Morgan fingerprint density at radius 2 is 1.41 bits per heavy atom. The van der Waals surface area contributed by atoms with Crippen molar-refractivity contribution in [1.29, 1.82) is 0 Å². The van der Waals surface area contributed by atoms with Gasteiger partial charge in [-0.05, 0) is 137 Å². The van der Waals surface area contributed by atoms with Crippen molar-refractivity contribution in [2.24, 2.45) is 0 Å².